The quantitative estimate of drug-likeness (QED) is 0.803. The summed E-state index contributed by atoms with van der Waals surface area (Å²) in [5.74, 6) is -0.256. The summed E-state index contributed by atoms with van der Waals surface area (Å²) in [5, 5.41) is 8.92. The number of hydrogen-bond acceptors (Lipinski definition) is 4. The van der Waals surface area contributed by atoms with E-state index in [9.17, 15) is 4.79 Å². The van der Waals surface area contributed by atoms with Gasteiger partial charge in [0.2, 0.25) is 0 Å². The highest BCUT2D eigenvalue weighted by Gasteiger charge is 2.32. The molecule has 96 valence electrons. The Morgan fingerprint density at radius 3 is 2.88 bits per heavy atom. The summed E-state index contributed by atoms with van der Waals surface area (Å²) >= 11 is 1.54. The zero-order valence-corrected chi connectivity index (χ0v) is 11.2. The molecule has 6 heteroatoms. The van der Waals surface area contributed by atoms with Crippen LogP contribution in [0.2, 0.25) is 0 Å². The molecule has 1 aromatic rings. The highest BCUT2D eigenvalue weighted by Crippen LogP contribution is 2.30. The molecule has 17 heavy (non-hydrogen) atoms. The normalized spacial score (nSPS) is 13.6. The number of nitrogens with two attached hydrogens (primary N) is 1. The van der Waals surface area contributed by atoms with E-state index in [2.05, 4.69) is 4.98 Å². The van der Waals surface area contributed by atoms with Crippen LogP contribution in [-0.4, -0.2) is 31.4 Å². The smallest absolute Gasteiger partial charge is 0.321 e. The lowest BCUT2D eigenvalue weighted by Crippen LogP contribution is -2.46. The molecule has 1 rings (SSSR count). The fourth-order valence-electron chi connectivity index (χ4n) is 1.40. The van der Waals surface area contributed by atoms with Crippen molar-refractivity contribution in [2.24, 2.45) is 5.73 Å². The van der Waals surface area contributed by atoms with Crippen molar-refractivity contribution in [1.29, 1.82) is 0 Å². The Bertz CT molecular complexity index is 390. The Kier molecular flexibility index (Phi) is 4.59. The molecule has 1 aromatic heterocycles. The van der Waals surface area contributed by atoms with Crippen LogP contribution < -0.4 is 5.73 Å². The summed E-state index contributed by atoms with van der Waals surface area (Å²) < 4.78 is 1.53. The molecule has 1 heterocycles. The lowest BCUT2D eigenvalue weighted by atomic mass is 10.1. The number of aryl methyl sites for hydroxylation is 1. The number of imidazole rings is 1. The maximum atomic E-state index is 10.9. The van der Waals surface area contributed by atoms with Crippen molar-refractivity contribution in [2.75, 3.05) is 0 Å². The number of rotatable bonds is 6. The van der Waals surface area contributed by atoms with E-state index in [1.54, 1.807) is 12.5 Å². The van der Waals surface area contributed by atoms with Gasteiger partial charge in [-0.3, -0.25) is 4.79 Å². The van der Waals surface area contributed by atoms with E-state index in [1.807, 2.05) is 25.3 Å². The highest BCUT2D eigenvalue weighted by atomic mass is 32.2. The van der Waals surface area contributed by atoms with Gasteiger partial charge in [0, 0.05) is 28.9 Å². The Morgan fingerprint density at radius 1 is 1.71 bits per heavy atom. The van der Waals surface area contributed by atoms with Gasteiger partial charge in [0.05, 0.1) is 6.33 Å². The Morgan fingerprint density at radius 2 is 2.35 bits per heavy atom. The summed E-state index contributed by atoms with van der Waals surface area (Å²) in [6.07, 6.45) is 3.58. The minimum Gasteiger partial charge on any atom is -0.480 e. The summed E-state index contributed by atoms with van der Waals surface area (Å²) in [6.45, 7) is 6.61. The maximum Gasteiger partial charge on any atom is 0.321 e. The number of hydrogen-bond donors (Lipinski definition) is 2. The number of aromatic nitrogens is 2. The molecule has 0 aliphatic carbocycles. The third-order valence-electron chi connectivity index (χ3n) is 2.75. The first-order valence-corrected chi connectivity index (χ1v) is 6.48. The van der Waals surface area contributed by atoms with Gasteiger partial charge in [-0.15, -0.1) is 11.8 Å². The number of carboxylic acid groups (broad SMARTS) is 1. The third kappa shape index (κ3) is 3.47. The van der Waals surface area contributed by atoms with Crippen LogP contribution in [0, 0.1) is 0 Å². The van der Waals surface area contributed by atoms with Gasteiger partial charge in [0.15, 0.2) is 0 Å². The SMILES string of the molecule is CCn1cncc1CSC(C)(C)[C@@H](N)C(=O)O. The van der Waals surface area contributed by atoms with E-state index in [-0.39, 0.29) is 0 Å². The standard InChI is InChI=1S/C11H19N3O2S/c1-4-14-7-13-5-8(14)6-17-11(2,3)9(12)10(15)16/h5,7,9H,4,6,12H2,1-3H3,(H,15,16)/t9-/m0/s1. The van der Waals surface area contributed by atoms with Gasteiger partial charge in [-0.05, 0) is 20.8 Å². The fourth-order valence-corrected chi connectivity index (χ4v) is 2.44. The van der Waals surface area contributed by atoms with Crippen LogP contribution in [0.15, 0.2) is 12.5 Å². The predicted molar refractivity (Wildman–Crippen MR) is 68.9 cm³/mol. The zero-order chi connectivity index (χ0) is 13.1. The van der Waals surface area contributed by atoms with Crippen LogP contribution in [-0.2, 0) is 17.1 Å². The van der Waals surface area contributed by atoms with Crippen molar-refractivity contribution >= 4 is 17.7 Å². The molecule has 0 bridgehead atoms. The van der Waals surface area contributed by atoms with Gasteiger partial charge >= 0.3 is 5.97 Å². The van der Waals surface area contributed by atoms with Crippen molar-refractivity contribution in [1.82, 2.24) is 9.55 Å². The largest absolute Gasteiger partial charge is 0.480 e. The molecule has 0 amide bonds. The molecule has 0 saturated carbocycles. The average molecular weight is 257 g/mol. The number of thioether (sulfide) groups is 1. The minimum atomic E-state index is -0.966. The molecule has 3 N–H and O–H groups in total. The van der Waals surface area contributed by atoms with Gasteiger partial charge < -0.3 is 15.4 Å². The van der Waals surface area contributed by atoms with E-state index < -0.39 is 16.8 Å². The molecule has 0 unspecified atom stereocenters. The third-order valence-corrected chi connectivity index (χ3v) is 4.18. The molecular weight excluding hydrogens is 238 g/mol. The van der Waals surface area contributed by atoms with Crippen LogP contribution in [0.25, 0.3) is 0 Å². The van der Waals surface area contributed by atoms with Crippen LogP contribution in [0.1, 0.15) is 26.5 Å². The number of carboxylic acids is 1. The first-order chi connectivity index (χ1) is 7.88. The summed E-state index contributed by atoms with van der Waals surface area (Å²) in [7, 11) is 0. The van der Waals surface area contributed by atoms with E-state index >= 15 is 0 Å². The first-order valence-electron chi connectivity index (χ1n) is 5.49. The molecule has 0 spiro atoms. The summed E-state index contributed by atoms with van der Waals surface area (Å²) in [6, 6.07) is -0.870. The minimum absolute atomic E-state index is 0.505. The molecule has 0 fully saturated rings. The van der Waals surface area contributed by atoms with Gasteiger partial charge in [0.1, 0.15) is 6.04 Å². The Hall–Kier alpha value is -1.01. The number of carbonyl (C=O) groups is 1. The van der Waals surface area contributed by atoms with Gasteiger partial charge in [-0.2, -0.15) is 0 Å². The average Bonchev–Trinajstić information content (AvgIpc) is 2.72. The van der Waals surface area contributed by atoms with E-state index in [4.69, 9.17) is 10.8 Å². The van der Waals surface area contributed by atoms with Crippen LogP contribution in [0.4, 0.5) is 0 Å². The lowest BCUT2D eigenvalue weighted by Gasteiger charge is -2.28. The number of nitrogens with zero attached hydrogens (tertiary/aromatic N) is 2. The van der Waals surface area contributed by atoms with Crippen molar-refractivity contribution < 1.29 is 9.90 Å². The van der Waals surface area contributed by atoms with Crippen molar-refractivity contribution in [3.63, 3.8) is 0 Å². The highest BCUT2D eigenvalue weighted by molar-refractivity contribution is 7.99. The van der Waals surface area contributed by atoms with Crippen LogP contribution in [0.3, 0.4) is 0 Å². The van der Waals surface area contributed by atoms with Gasteiger partial charge in [-0.1, -0.05) is 0 Å². The van der Waals surface area contributed by atoms with Gasteiger partial charge in [-0.25, -0.2) is 4.98 Å². The molecule has 5 nitrogen and oxygen atoms in total. The van der Waals surface area contributed by atoms with Crippen molar-refractivity contribution in [3.05, 3.63) is 18.2 Å². The second-order valence-corrected chi connectivity index (χ2v) is 6.01. The van der Waals surface area contributed by atoms with Crippen LogP contribution in [0.5, 0.6) is 0 Å². The van der Waals surface area contributed by atoms with Crippen molar-refractivity contribution in [3.8, 4) is 0 Å². The van der Waals surface area contributed by atoms with Crippen LogP contribution >= 0.6 is 11.8 Å². The molecular formula is C11H19N3O2S. The summed E-state index contributed by atoms with van der Waals surface area (Å²) in [4.78, 5) is 15.0. The molecule has 0 aliphatic rings. The molecule has 0 saturated heterocycles. The van der Waals surface area contributed by atoms with Gasteiger partial charge in [0.25, 0.3) is 0 Å². The first kappa shape index (κ1) is 14.1. The Balaban J connectivity index is 2.64. The van der Waals surface area contributed by atoms with E-state index in [1.165, 1.54) is 11.8 Å². The second-order valence-electron chi connectivity index (χ2n) is 4.38. The molecule has 0 radical (unpaired) electrons. The molecule has 0 aliphatic heterocycles. The maximum absolute atomic E-state index is 10.9. The fraction of sp³-hybridized carbons (Fsp3) is 0.636. The van der Waals surface area contributed by atoms with E-state index in [0.29, 0.717) is 5.75 Å². The lowest BCUT2D eigenvalue weighted by molar-refractivity contribution is -0.139. The Labute approximate surface area is 105 Å². The predicted octanol–water partition coefficient (Wildman–Crippen LogP) is 1.33. The monoisotopic (exact) mass is 257 g/mol. The van der Waals surface area contributed by atoms with Crippen molar-refractivity contribution in [2.45, 2.75) is 43.9 Å². The van der Waals surface area contributed by atoms with E-state index in [0.717, 1.165) is 12.2 Å². The topological polar surface area (TPSA) is 81.1 Å². The molecule has 1 atom stereocenters. The molecule has 0 aromatic carbocycles. The number of aliphatic carboxylic acids is 1. The zero-order valence-electron chi connectivity index (χ0n) is 10.4. The summed E-state index contributed by atoms with van der Waals surface area (Å²) in [5.41, 5.74) is 6.75. The second kappa shape index (κ2) is 5.55.